The first kappa shape index (κ1) is 16.3. The Bertz CT molecular complexity index is 389. The molecule has 0 aliphatic heterocycles. The van der Waals surface area contributed by atoms with Crippen LogP contribution in [-0.4, -0.2) is 25.7 Å². The predicted molar refractivity (Wildman–Crippen MR) is 81.2 cm³/mol. The van der Waals surface area contributed by atoms with Gasteiger partial charge in [0.15, 0.2) is 6.61 Å². The molecule has 1 aromatic rings. The van der Waals surface area contributed by atoms with Crippen molar-refractivity contribution in [1.82, 2.24) is 0 Å². The Kier molecular flexibility index (Phi) is 7.55. The number of anilines is 1. The first-order valence-electron chi connectivity index (χ1n) is 7.25. The topological polar surface area (TPSA) is 47.6 Å². The van der Waals surface area contributed by atoms with Gasteiger partial charge in [-0.2, -0.15) is 0 Å². The van der Waals surface area contributed by atoms with E-state index in [9.17, 15) is 4.79 Å². The third-order valence-corrected chi connectivity index (χ3v) is 3.21. The molecule has 20 heavy (non-hydrogen) atoms. The molecule has 0 bridgehead atoms. The summed E-state index contributed by atoms with van der Waals surface area (Å²) in [5, 5.41) is 3.52. The summed E-state index contributed by atoms with van der Waals surface area (Å²) >= 11 is 0. The summed E-state index contributed by atoms with van der Waals surface area (Å²) in [5.41, 5.74) is 1.08. The molecule has 1 unspecified atom stereocenters. The van der Waals surface area contributed by atoms with Gasteiger partial charge in [-0.05, 0) is 37.1 Å². The number of hydrogen-bond acceptors (Lipinski definition) is 4. The number of benzene rings is 1. The van der Waals surface area contributed by atoms with Gasteiger partial charge in [0, 0.05) is 11.7 Å². The van der Waals surface area contributed by atoms with Crippen molar-refractivity contribution in [3.05, 3.63) is 24.3 Å². The van der Waals surface area contributed by atoms with Crippen molar-refractivity contribution < 1.29 is 14.3 Å². The zero-order chi connectivity index (χ0) is 14.8. The van der Waals surface area contributed by atoms with Crippen molar-refractivity contribution in [2.24, 2.45) is 0 Å². The molecule has 1 rings (SSSR count). The van der Waals surface area contributed by atoms with Crippen molar-refractivity contribution in [3.63, 3.8) is 0 Å². The molecular weight excluding hydrogens is 254 g/mol. The van der Waals surface area contributed by atoms with E-state index in [0.717, 1.165) is 12.1 Å². The second kappa shape index (κ2) is 9.23. The Morgan fingerprint density at radius 3 is 2.50 bits per heavy atom. The van der Waals surface area contributed by atoms with E-state index in [1.54, 1.807) is 0 Å². The largest absolute Gasteiger partial charge is 0.482 e. The molecule has 0 saturated carbocycles. The Hall–Kier alpha value is -1.71. The standard InChI is InChI=1S/C16H25NO3/c1-4-6-7-13(5-2)17-14-8-10-15(11-9-14)20-12-16(18)19-3/h8-11,13,17H,4-7,12H2,1-3H3. The van der Waals surface area contributed by atoms with Crippen LogP contribution in [0.25, 0.3) is 0 Å². The van der Waals surface area contributed by atoms with Crippen LogP contribution in [0.5, 0.6) is 5.75 Å². The number of hydrogen-bond donors (Lipinski definition) is 1. The third-order valence-electron chi connectivity index (χ3n) is 3.21. The fourth-order valence-corrected chi connectivity index (χ4v) is 1.91. The van der Waals surface area contributed by atoms with Gasteiger partial charge in [-0.1, -0.05) is 26.7 Å². The van der Waals surface area contributed by atoms with E-state index in [4.69, 9.17) is 4.74 Å². The van der Waals surface area contributed by atoms with Gasteiger partial charge in [0.2, 0.25) is 0 Å². The highest BCUT2D eigenvalue weighted by Gasteiger charge is 2.06. The van der Waals surface area contributed by atoms with Gasteiger partial charge in [-0.15, -0.1) is 0 Å². The average molecular weight is 279 g/mol. The molecule has 0 fully saturated rings. The van der Waals surface area contributed by atoms with E-state index in [2.05, 4.69) is 23.9 Å². The maximum Gasteiger partial charge on any atom is 0.343 e. The molecule has 4 nitrogen and oxygen atoms in total. The van der Waals surface area contributed by atoms with Crippen LogP contribution in [0.2, 0.25) is 0 Å². The van der Waals surface area contributed by atoms with Crippen LogP contribution in [0.1, 0.15) is 39.5 Å². The lowest BCUT2D eigenvalue weighted by molar-refractivity contribution is -0.142. The second-order valence-electron chi connectivity index (χ2n) is 4.78. The molecule has 0 spiro atoms. The highest BCUT2D eigenvalue weighted by molar-refractivity contribution is 5.70. The Balaban J connectivity index is 2.46. The number of methoxy groups -OCH3 is 1. The Labute approximate surface area is 121 Å². The number of rotatable bonds is 9. The number of esters is 1. The minimum absolute atomic E-state index is 0.0582. The fraction of sp³-hybridized carbons (Fsp3) is 0.562. The molecular formula is C16H25NO3. The molecule has 1 aromatic carbocycles. The zero-order valence-corrected chi connectivity index (χ0v) is 12.6. The van der Waals surface area contributed by atoms with Gasteiger partial charge < -0.3 is 14.8 Å². The number of carbonyl (C=O) groups excluding carboxylic acids is 1. The Morgan fingerprint density at radius 2 is 1.95 bits per heavy atom. The lowest BCUT2D eigenvalue weighted by Gasteiger charge is -2.18. The normalized spacial score (nSPS) is 11.8. The molecule has 0 radical (unpaired) electrons. The molecule has 0 amide bonds. The molecule has 0 saturated heterocycles. The molecule has 0 aromatic heterocycles. The quantitative estimate of drug-likeness (QED) is 0.701. The van der Waals surface area contributed by atoms with Gasteiger partial charge in [0.05, 0.1) is 7.11 Å². The molecule has 4 heteroatoms. The van der Waals surface area contributed by atoms with Crippen LogP contribution in [0, 0.1) is 0 Å². The molecule has 0 aliphatic rings. The summed E-state index contributed by atoms with van der Waals surface area (Å²) in [6.45, 7) is 4.35. The third kappa shape index (κ3) is 5.95. The molecule has 0 aliphatic carbocycles. The summed E-state index contributed by atoms with van der Waals surface area (Å²) in [5.74, 6) is 0.292. The number of nitrogens with one attached hydrogen (secondary N) is 1. The van der Waals surface area contributed by atoms with Gasteiger partial charge in [0.25, 0.3) is 0 Å². The van der Waals surface area contributed by atoms with Crippen molar-refractivity contribution in [1.29, 1.82) is 0 Å². The van der Waals surface area contributed by atoms with Crippen molar-refractivity contribution in [2.45, 2.75) is 45.6 Å². The summed E-state index contributed by atoms with van der Waals surface area (Å²) in [6.07, 6.45) is 4.76. The van der Waals surface area contributed by atoms with E-state index in [0.29, 0.717) is 11.8 Å². The maximum absolute atomic E-state index is 11.0. The van der Waals surface area contributed by atoms with E-state index in [-0.39, 0.29) is 12.6 Å². The van der Waals surface area contributed by atoms with Crippen LogP contribution >= 0.6 is 0 Å². The number of carbonyl (C=O) groups is 1. The zero-order valence-electron chi connectivity index (χ0n) is 12.6. The minimum Gasteiger partial charge on any atom is -0.482 e. The van der Waals surface area contributed by atoms with Gasteiger partial charge in [0.1, 0.15) is 5.75 Å². The monoisotopic (exact) mass is 279 g/mol. The number of unbranched alkanes of at least 4 members (excludes halogenated alkanes) is 1. The summed E-state index contributed by atoms with van der Waals surface area (Å²) < 4.78 is 9.83. The van der Waals surface area contributed by atoms with Crippen molar-refractivity contribution >= 4 is 11.7 Å². The fourth-order valence-electron chi connectivity index (χ4n) is 1.91. The van der Waals surface area contributed by atoms with Gasteiger partial charge in [-0.3, -0.25) is 0 Å². The van der Waals surface area contributed by atoms with E-state index in [1.807, 2.05) is 24.3 Å². The highest BCUT2D eigenvalue weighted by atomic mass is 16.6. The SMILES string of the molecule is CCCCC(CC)Nc1ccc(OCC(=O)OC)cc1. The maximum atomic E-state index is 11.0. The van der Waals surface area contributed by atoms with Crippen molar-refractivity contribution in [3.8, 4) is 5.75 Å². The smallest absolute Gasteiger partial charge is 0.343 e. The predicted octanol–water partition coefficient (Wildman–Crippen LogP) is 3.62. The highest BCUT2D eigenvalue weighted by Crippen LogP contribution is 2.18. The van der Waals surface area contributed by atoms with E-state index >= 15 is 0 Å². The average Bonchev–Trinajstić information content (AvgIpc) is 2.50. The van der Waals surface area contributed by atoms with Crippen LogP contribution in [0.15, 0.2) is 24.3 Å². The van der Waals surface area contributed by atoms with Gasteiger partial charge in [-0.25, -0.2) is 4.79 Å². The summed E-state index contributed by atoms with van der Waals surface area (Å²) in [6, 6.07) is 8.18. The van der Waals surface area contributed by atoms with Crippen LogP contribution in [-0.2, 0) is 9.53 Å². The van der Waals surface area contributed by atoms with E-state index < -0.39 is 0 Å². The molecule has 0 heterocycles. The second-order valence-corrected chi connectivity index (χ2v) is 4.78. The first-order valence-corrected chi connectivity index (χ1v) is 7.25. The first-order chi connectivity index (χ1) is 9.69. The number of ether oxygens (including phenoxy) is 2. The van der Waals surface area contributed by atoms with E-state index in [1.165, 1.54) is 26.4 Å². The summed E-state index contributed by atoms with van der Waals surface area (Å²) in [7, 11) is 1.35. The lowest BCUT2D eigenvalue weighted by atomic mass is 10.1. The molecule has 1 N–H and O–H groups in total. The summed E-state index contributed by atoms with van der Waals surface area (Å²) in [4.78, 5) is 11.0. The van der Waals surface area contributed by atoms with Crippen LogP contribution < -0.4 is 10.1 Å². The van der Waals surface area contributed by atoms with Gasteiger partial charge >= 0.3 is 5.97 Å². The Morgan fingerprint density at radius 1 is 1.25 bits per heavy atom. The molecule has 112 valence electrons. The molecule has 1 atom stereocenters. The lowest BCUT2D eigenvalue weighted by Crippen LogP contribution is -2.18. The van der Waals surface area contributed by atoms with Crippen LogP contribution in [0.4, 0.5) is 5.69 Å². The van der Waals surface area contributed by atoms with Crippen molar-refractivity contribution in [2.75, 3.05) is 19.0 Å². The van der Waals surface area contributed by atoms with Crippen LogP contribution in [0.3, 0.4) is 0 Å². The minimum atomic E-state index is -0.377.